The van der Waals surface area contributed by atoms with E-state index in [9.17, 15) is 5.11 Å². The molecular weight excluding hydrogens is 176 g/mol. The maximum atomic E-state index is 10.1. The summed E-state index contributed by atoms with van der Waals surface area (Å²) in [4.78, 5) is 0. The second-order valence-electron chi connectivity index (χ2n) is 4.49. The zero-order chi connectivity index (χ0) is 10.4. The number of aliphatic hydroxyl groups excluding tert-OH is 1. The van der Waals surface area contributed by atoms with Crippen molar-refractivity contribution in [1.29, 1.82) is 0 Å². The predicted molar refractivity (Wildman–Crippen MR) is 58.4 cm³/mol. The van der Waals surface area contributed by atoms with Crippen LogP contribution >= 0.6 is 0 Å². The normalized spacial score (nSPS) is 24.2. The smallest absolute Gasteiger partial charge is 0.0936 e. The molecule has 0 amide bonds. The van der Waals surface area contributed by atoms with Crippen LogP contribution in [0.4, 0.5) is 0 Å². The monoisotopic (exact) mass is 200 g/mol. The Kier molecular flexibility index (Phi) is 4.90. The SMILES string of the molecule is CCCC(O)C1(OC)CCCCCC1. The van der Waals surface area contributed by atoms with Crippen molar-refractivity contribution in [3.05, 3.63) is 0 Å². The molecule has 0 bridgehead atoms. The molecule has 2 heteroatoms. The lowest BCUT2D eigenvalue weighted by atomic mass is 9.86. The van der Waals surface area contributed by atoms with E-state index in [0.29, 0.717) is 0 Å². The Morgan fingerprint density at radius 3 is 2.21 bits per heavy atom. The van der Waals surface area contributed by atoms with Crippen LogP contribution in [0.15, 0.2) is 0 Å². The molecule has 0 aromatic carbocycles. The summed E-state index contributed by atoms with van der Waals surface area (Å²) in [7, 11) is 1.75. The molecule has 0 aromatic heterocycles. The van der Waals surface area contributed by atoms with Crippen molar-refractivity contribution in [3.8, 4) is 0 Å². The van der Waals surface area contributed by atoms with Crippen LogP contribution in [-0.2, 0) is 4.74 Å². The minimum atomic E-state index is -0.268. The Balaban J connectivity index is 2.61. The summed E-state index contributed by atoms with van der Waals surface area (Å²) in [5.74, 6) is 0. The lowest BCUT2D eigenvalue weighted by molar-refractivity contribution is -0.114. The van der Waals surface area contributed by atoms with Crippen molar-refractivity contribution < 1.29 is 9.84 Å². The highest BCUT2D eigenvalue weighted by atomic mass is 16.5. The highest BCUT2D eigenvalue weighted by molar-refractivity contribution is 4.89. The number of hydrogen-bond donors (Lipinski definition) is 1. The summed E-state index contributed by atoms with van der Waals surface area (Å²) in [6, 6.07) is 0. The maximum Gasteiger partial charge on any atom is 0.0936 e. The summed E-state index contributed by atoms with van der Waals surface area (Å²) in [5, 5.41) is 10.1. The van der Waals surface area contributed by atoms with Gasteiger partial charge in [-0.25, -0.2) is 0 Å². The van der Waals surface area contributed by atoms with E-state index in [1.807, 2.05) is 0 Å². The lowest BCUT2D eigenvalue weighted by Gasteiger charge is -2.36. The van der Waals surface area contributed by atoms with Gasteiger partial charge >= 0.3 is 0 Å². The molecule has 1 unspecified atom stereocenters. The molecule has 1 rings (SSSR count). The van der Waals surface area contributed by atoms with Gasteiger partial charge in [-0.2, -0.15) is 0 Å². The lowest BCUT2D eigenvalue weighted by Crippen LogP contribution is -2.43. The van der Waals surface area contributed by atoms with Gasteiger partial charge in [0.25, 0.3) is 0 Å². The fourth-order valence-electron chi connectivity index (χ4n) is 2.54. The summed E-state index contributed by atoms with van der Waals surface area (Å²) >= 11 is 0. The third-order valence-corrected chi connectivity index (χ3v) is 3.53. The Morgan fingerprint density at radius 1 is 1.21 bits per heavy atom. The van der Waals surface area contributed by atoms with Crippen LogP contribution in [0.2, 0.25) is 0 Å². The molecule has 2 nitrogen and oxygen atoms in total. The molecule has 1 N–H and O–H groups in total. The summed E-state index contributed by atoms with van der Waals surface area (Å²) in [6.45, 7) is 2.11. The molecule has 1 aliphatic rings. The van der Waals surface area contributed by atoms with Crippen LogP contribution in [0.25, 0.3) is 0 Å². The first-order chi connectivity index (χ1) is 6.75. The van der Waals surface area contributed by atoms with Crippen LogP contribution in [0.1, 0.15) is 58.3 Å². The highest BCUT2D eigenvalue weighted by Crippen LogP contribution is 2.34. The zero-order valence-electron chi connectivity index (χ0n) is 9.59. The van der Waals surface area contributed by atoms with Crippen LogP contribution < -0.4 is 0 Å². The zero-order valence-corrected chi connectivity index (χ0v) is 9.59. The topological polar surface area (TPSA) is 29.5 Å². The average Bonchev–Trinajstić information content (AvgIpc) is 2.44. The van der Waals surface area contributed by atoms with Crippen LogP contribution in [-0.4, -0.2) is 23.9 Å². The molecule has 0 aliphatic heterocycles. The average molecular weight is 200 g/mol. The standard InChI is InChI=1S/C12H24O2/c1-3-8-11(13)12(14-2)9-6-4-5-7-10-12/h11,13H,3-10H2,1-2H3. The van der Waals surface area contributed by atoms with E-state index in [0.717, 1.165) is 25.7 Å². The largest absolute Gasteiger partial charge is 0.390 e. The molecule has 0 saturated heterocycles. The Morgan fingerprint density at radius 2 is 1.79 bits per heavy atom. The second-order valence-corrected chi connectivity index (χ2v) is 4.49. The van der Waals surface area contributed by atoms with Gasteiger partial charge in [0, 0.05) is 7.11 Å². The van der Waals surface area contributed by atoms with Gasteiger partial charge in [-0.3, -0.25) is 0 Å². The number of hydrogen-bond acceptors (Lipinski definition) is 2. The Hall–Kier alpha value is -0.0800. The summed E-state index contributed by atoms with van der Waals surface area (Å²) in [6.07, 6.45) is 8.70. The number of ether oxygens (including phenoxy) is 1. The van der Waals surface area contributed by atoms with Crippen molar-refractivity contribution in [2.24, 2.45) is 0 Å². The van der Waals surface area contributed by atoms with Crippen molar-refractivity contribution >= 4 is 0 Å². The minimum Gasteiger partial charge on any atom is -0.390 e. The van der Waals surface area contributed by atoms with Crippen molar-refractivity contribution in [2.75, 3.05) is 7.11 Å². The highest BCUT2D eigenvalue weighted by Gasteiger charge is 2.37. The number of aliphatic hydroxyl groups is 1. The summed E-state index contributed by atoms with van der Waals surface area (Å²) in [5.41, 5.74) is -0.230. The molecule has 1 fully saturated rings. The van der Waals surface area contributed by atoms with Gasteiger partial charge < -0.3 is 9.84 Å². The van der Waals surface area contributed by atoms with E-state index in [1.165, 1.54) is 25.7 Å². The van der Waals surface area contributed by atoms with Crippen molar-refractivity contribution in [2.45, 2.75) is 70.0 Å². The van der Waals surface area contributed by atoms with Gasteiger partial charge in [0.1, 0.15) is 0 Å². The molecule has 0 spiro atoms. The fraction of sp³-hybridized carbons (Fsp3) is 1.00. The molecule has 1 atom stereocenters. The van der Waals surface area contributed by atoms with Crippen LogP contribution in [0, 0.1) is 0 Å². The van der Waals surface area contributed by atoms with Crippen LogP contribution in [0.5, 0.6) is 0 Å². The molecule has 14 heavy (non-hydrogen) atoms. The van der Waals surface area contributed by atoms with Crippen LogP contribution in [0.3, 0.4) is 0 Å². The summed E-state index contributed by atoms with van der Waals surface area (Å²) < 4.78 is 5.62. The van der Waals surface area contributed by atoms with Crippen molar-refractivity contribution in [3.63, 3.8) is 0 Å². The molecule has 0 radical (unpaired) electrons. The van der Waals surface area contributed by atoms with E-state index in [1.54, 1.807) is 7.11 Å². The first-order valence-corrected chi connectivity index (χ1v) is 5.98. The third kappa shape index (κ3) is 2.71. The second kappa shape index (κ2) is 5.72. The van der Waals surface area contributed by atoms with Gasteiger partial charge in [-0.15, -0.1) is 0 Å². The number of methoxy groups -OCH3 is 1. The Bertz CT molecular complexity index is 148. The quantitative estimate of drug-likeness (QED) is 0.707. The third-order valence-electron chi connectivity index (χ3n) is 3.53. The first-order valence-electron chi connectivity index (χ1n) is 5.98. The molecule has 1 aliphatic carbocycles. The van der Waals surface area contributed by atoms with E-state index >= 15 is 0 Å². The predicted octanol–water partition coefficient (Wildman–Crippen LogP) is 2.89. The Labute approximate surface area is 87.7 Å². The van der Waals surface area contributed by atoms with E-state index in [4.69, 9.17) is 4.74 Å². The van der Waals surface area contributed by atoms with Crippen molar-refractivity contribution in [1.82, 2.24) is 0 Å². The fourth-order valence-corrected chi connectivity index (χ4v) is 2.54. The molecule has 0 heterocycles. The molecule has 0 aromatic rings. The van der Waals surface area contributed by atoms with Gasteiger partial charge in [-0.1, -0.05) is 39.0 Å². The van der Waals surface area contributed by atoms with E-state index in [2.05, 4.69) is 6.92 Å². The van der Waals surface area contributed by atoms with Gasteiger partial charge in [-0.05, 0) is 19.3 Å². The van der Waals surface area contributed by atoms with Gasteiger partial charge in [0.15, 0.2) is 0 Å². The minimum absolute atomic E-state index is 0.230. The van der Waals surface area contributed by atoms with E-state index < -0.39 is 0 Å². The first kappa shape index (κ1) is 12.0. The number of rotatable bonds is 4. The molecule has 1 saturated carbocycles. The maximum absolute atomic E-state index is 10.1. The van der Waals surface area contributed by atoms with Gasteiger partial charge in [0.05, 0.1) is 11.7 Å². The molecule has 84 valence electrons. The molecular formula is C12H24O2. The van der Waals surface area contributed by atoms with E-state index in [-0.39, 0.29) is 11.7 Å². The van der Waals surface area contributed by atoms with Gasteiger partial charge in [0.2, 0.25) is 0 Å².